The Morgan fingerprint density at radius 2 is 2.32 bits per heavy atom. The monoisotopic (exact) mass is 308 g/mol. The highest BCUT2D eigenvalue weighted by molar-refractivity contribution is 5.90. The topological polar surface area (TPSA) is 72.8 Å². The Hall–Kier alpha value is -1.62. The summed E-state index contributed by atoms with van der Waals surface area (Å²) < 4.78 is 10.4. The molecule has 0 aromatic rings. The summed E-state index contributed by atoms with van der Waals surface area (Å²) in [4.78, 5) is 22.5. The van der Waals surface area contributed by atoms with Gasteiger partial charge in [0.1, 0.15) is 6.10 Å². The van der Waals surface area contributed by atoms with Crippen molar-refractivity contribution < 1.29 is 24.2 Å². The molecule has 5 nitrogen and oxygen atoms in total. The summed E-state index contributed by atoms with van der Waals surface area (Å²) in [5.74, 6) is -0.708. The molecule has 5 heteroatoms. The quantitative estimate of drug-likeness (QED) is 0.490. The van der Waals surface area contributed by atoms with E-state index in [1.165, 1.54) is 6.92 Å². The molecule has 0 bridgehead atoms. The van der Waals surface area contributed by atoms with Crippen molar-refractivity contribution in [3.63, 3.8) is 0 Å². The van der Waals surface area contributed by atoms with E-state index in [-0.39, 0.29) is 30.1 Å². The number of carbonyl (C=O) groups is 2. The number of carbonyl (C=O) groups excluding carboxylic acids is 2. The maximum absolute atomic E-state index is 11.6. The largest absolute Gasteiger partial charge is 0.463 e. The Bertz CT molecular complexity index is 517. The minimum absolute atomic E-state index is 0.0534. The van der Waals surface area contributed by atoms with Gasteiger partial charge in [0.05, 0.1) is 11.7 Å². The molecule has 2 aliphatic rings. The van der Waals surface area contributed by atoms with E-state index in [1.807, 2.05) is 13.0 Å². The first-order valence-electron chi connectivity index (χ1n) is 7.69. The van der Waals surface area contributed by atoms with Gasteiger partial charge >= 0.3 is 11.9 Å². The zero-order valence-electron chi connectivity index (χ0n) is 13.4. The summed E-state index contributed by atoms with van der Waals surface area (Å²) >= 11 is 0. The van der Waals surface area contributed by atoms with E-state index in [2.05, 4.69) is 6.58 Å². The van der Waals surface area contributed by atoms with Crippen LogP contribution in [0.5, 0.6) is 0 Å². The second kappa shape index (κ2) is 6.24. The van der Waals surface area contributed by atoms with Crippen molar-refractivity contribution in [1.82, 2.24) is 0 Å². The van der Waals surface area contributed by atoms with Gasteiger partial charge < -0.3 is 14.6 Å². The van der Waals surface area contributed by atoms with Crippen LogP contribution in [-0.2, 0) is 19.1 Å². The third-order valence-corrected chi connectivity index (χ3v) is 4.51. The van der Waals surface area contributed by atoms with Gasteiger partial charge in [0, 0.05) is 24.8 Å². The summed E-state index contributed by atoms with van der Waals surface area (Å²) in [5.41, 5.74) is 0.372. The van der Waals surface area contributed by atoms with Gasteiger partial charge in [-0.25, -0.2) is 4.79 Å². The molecule has 1 heterocycles. The second-order valence-electron chi connectivity index (χ2n) is 6.48. The number of esters is 2. The van der Waals surface area contributed by atoms with Gasteiger partial charge in [-0.2, -0.15) is 0 Å². The highest BCUT2D eigenvalue weighted by Crippen LogP contribution is 2.41. The molecular weight excluding hydrogens is 284 g/mol. The molecule has 1 N–H and O–H groups in total. The number of allylic oxidation sites excluding steroid dienone is 1. The molecular formula is C17H24O5. The smallest absolute Gasteiger partial charge is 0.334 e. The van der Waals surface area contributed by atoms with Gasteiger partial charge in [-0.1, -0.05) is 12.7 Å². The van der Waals surface area contributed by atoms with Crippen molar-refractivity contribution in [2.24, 2.45) is 5.92 Å². The fraction of sp³-hybridized carbons (Fsp3) is 0.647. The normalized spacial score (nSPS) is 32.6. The maximum atomic E-state index is 11.6. The Morgan fingerprint density at radius 3 is 2.95 bits per heavy atom. The Morgan fingerprint density at radius 1 is 1.64 bits per heavy atom. The van der Waals surface area contributed by atoms with Gasteiger partial charge in [-0.15, -0.1) is 0 Å². The van der Waals surface area contributed by atoms with Crippen molar-refractivity contribution >= 4 is 11.9 Å². The Balaban J connectivity index is 2.05. The average Bonchev–Trinajstić information content (AvgIpc) is 2.56. The molecule has 0 saturated carbocycles. The average molecular weight is 308 g/mol. The van der Waals surface area contributed by atoms with E-state index in [0.717, 1.165) is 5.57 Å². The molecule has 2 rings (SSSR count). The number of hydrogen-bond acceptors (Lipinski definition) is 5. The van der Waals surface area contributed by atoms with Crippen LogP contribution in [0.4, 0.5) is 0 Å². The molecule has 0 aromatic carbocycles. The zero-order chi connectivity index (χ0) is 16.5. The van der Waals surface area contributed by atoms with Crippen molar-refractivity contribution in [3.05, 3.63) is 23.8 Å². The van der Waals surface area contributed by atoms with Crippen LogP contribution < -0.4 is 0 Å². The molecule has 22 heavy (non-hydrogen) atoms. The molecule has 1 aliphatic heterocycles. The molecule has 1 aliphatic carbocycles. The lowest BCUT2D eigenvalue weighted by Gasteiger charge is -2.28. The molecule has 1 fully saturated rings. The predicted molar refractivity (Wildman–Crippen MR) is 80.9 cm³/mol. The van der Waals surface area contributed by atoms with E-state index in [1.54, 1.807) is 6.92 Å². The number of aliphatic hydroxyl groups is 1. The van der Waals surface area contributed by atoms with Gasteiger partial charge in [0.15, 0.2) is 0 Å². The highest BCUT2D eigenvalue weighted by atomic mass is 16.6. The van der Waals surface area contributed by atoms with Crippen molar-refractivity contribution in [2.45, 2.75) is 64.3 Å². The summed E-state index contributed by atoms with van der Waals surface area (Å²) in [6.07, 6.45) is 3.79. The second-order valence-corrected chi connectivity index (χ2v) is 6.48. The lowest BCUT2D eigenvalue weighted by molar-refractivity contribution is -0.145. The van der Waals surface area contributed by atoms with Gasteiger partial charge in [0.2, 0.25) is 0 Å². The van der Waals surface area contributed by atoms with Crippen LogP contribution >= 0.6 is 0 Å². The summed E-state index contributed by atoms with van der Waals surface area (Å²) in [5, 5.41) is 10.7. The molecule has 1 saturated heterocycles. The first-order valence-corrected chi connectivity index (χ1v) is 7.69. The number of hydrogen-bond donors (Lipinski definition) is 1. The minimum atomic E-state index is -1.03. The van der Waals surface area contributed by atoms with E-state index in [0.29, 0.717) is 31.3 Å². The maximum Gasteiger partial charge on any atom is 0.334 e. The lowest BCUT2D eigenvalue weighted by Crippen LogP contribution is -2.33. The molecule has 4 atom stereocenters. The van der Waals surface area contributed by atoms with E-state index in [4.69, 9.17) is 9.47 Å². The third kappa shape index (κ3) is 3.58. The van der Waals surface area contributed by atoms with Crippen LogP contribution in [0.1, 0.15) is 46.5 Å². The van der Waals surface area contributed by atoms with Crippen LogP contribution in [0, 0.1) is 5.92 Å². The molecule has 0 amide bonds. The van der Waals surface area contributed by atoms with Crippen LogP contribution in [0.25, 0.3) is 0 Å². The van der Waals surface area contributed by atoms with Crippen LogP contribution in [0.3, 0.4) is 0 Å². The van der Waals surface area contributed by atoms with Crippen molar-refractivity contribution in [1.29, 1.82) is 0 Å². The summed E-state index contributed by atoms with van der Waals surface area (Å²) in [6.45, 7) is 8.77. The SMILES string of the molecule is C=C1C(=O)OC2CC(C)(O)C(CCC(C)OC(C)=O)=CCC12. The number of rotatable bonds is 4. The number of ether oxygens (including phenoxy) is 2. The zero-order valence-corrected chi connectivity index (χ0v) is 13.4. The Labute approximate surface area is 131 Å². The van der Waals surface area contributed by atoms with Crippen molar-refractivity contribution in [3.8, 4) is 0 Å². The number of fused-ring (bicyclic) bond motifs is 1. The Kier molecular flexibility index (Phi) is 4.75. The molecule has 0 spiro atoms. The summed E-state index contributed by atoms with van der Waals surface area (Å²) in [6, 6.07) is 0. The van der Waals surface area contributed by atoms with Crippen LogP contribution in [-0.4, -0.2) is 34.9 Å². The molecule has 4 unspecified atom stereocenters. The van der Waals surface area contributed by atoms with Crippen LogP contribution in [0.2, 0.25) is 0 Å². The van der Waals surface area contributed by atoms with E-state index >= 15 is 0 Å². The molecule has 0 aromatic heterocycles. The van der Waals surface area contributed by atoms with Gasteiger partial charge in [-0.05, 0) is 38.7 Å². The minimum Gasteiger partial charge on any atom is -0.463 e. The van der Waals surface area contributed by atoms with Gasteiger partial charge in [0.25, 0.3) is 0 Å². The lowest BCUT2D eigenvalue weighted by atomic mass is 9.86. The predicted octanol–water partition coefficient (Wildman–Crippen LogP) is 2.29. The van der Waals surface area contributed by atoms with Crippen molar-refractivity contribution in [2.75, 3.05) is 0 Å². The van der Waals surface area contributed by atoms with Crippen LogP contribution in [0.15, 0.2) is 23.8 Å². The standard InChI is InChI=1S/C17H24O5/c1-10(21-12(3)18)5-6-13-7-8-14-11(2)16(19)22-15(14)9-17(13,4)20/h7,10,14-15,20H,2,5-6,8-9H2,1,3-4H3. The first kappa shape index (κ1) is 16.7. The first-order chi connectivity index (χ1) is 10.2. The summed E-state index contributed by atoms with van der Waals surface area (Å²) in [7, 11) is 0. The fourth-order valence-corrected chi connectivity index (χ4v) is 3.23. The van der Waals surface area contributed by atoms with E-state index in [9.17, 15) is 14.7 Å². The third-order valence-electron chi connectivity index (χ3n) is 4.51. The molecule has 122 valence electrons. The van der Waals surface area contributed by atoms with E-state index < -0.39 is 5.60 Å². The fourth-order valence-electron chi connectivity index (χ4n) is 3.23. The highest BCUT2D eigenvalue weighted by Gasteiger charge is 2.44. The van der Waals surface area contributed by atoms with Gasteiger partial charge in [-0.3, -0.25) is 4.79 Å². The molecule has 0 radical (unpaired) electrons.